The molecule has 0 fully saturated rings. The summed E-state index contributed by atoms with van der Waals surface area (Å²) in [6, 6.07) is 0. The van der Waals surface area contributed by atoms with Crippen LogP contribution in [0.25, 0.3) is 0 Å². The summed E-state index contributed by atoms with van der Waals surface area (Å²) in [6.45, 7) is 2.62. The third-order valence-electron chi connectivity index (χ3n) is 6.25. The van der Waals surface area contributed by atoms with Gasteiger partial charge in [-0.1, -0.05) is 32.1 Å². The SMILES string of the molecule is COC1=C(OC)C(=O)C(CCCCCCCCCNC(=O)OCCCOP(=O)([O-])OCC[N+](C)(C)C)=C(C)C1=O. The number of hydrogen-bond donors (Lipinski definition) is 1. The number of nitrogens with zero attached hydrogens (tertiary/aromatic N) is 1. The Labute approximate surface area is 238 Å². The van der Waals surface area contributed by atoms with Crippen molar-refractivity contribution in [3.63, 3.8) is 0 Å². The van der Waals surface area contributed by atoms with Crippen molar-refractivity contribution in [2.24, 2.45) is 0 Å². The molecule has 1 N–H and O–H groups in total. The number of unbranched alkanes of at least 4 members (excludes halogenated alkanes) is 6. The molecule has 0 aromatic rings. The van der Waals surface area contributed by atoms with E-state index in [1.807, 2.05) is 21.1 Å². The molecular formula is C27H47N2O10P. The largest absolute Gasteiger partial charge is 0.756 e. The number of allylic oxidation sites excluding steroid dienone is 2. The summed E-state index contributed by atoms with van der Waals surface area (Å²) in [7, 11) is 4.13. The summed E-state index contributed by atoms with van der Waals surface area (Å²) in [5.74, 6) is -0.641. The summed E-state index contributed by atoms with van der Waals surface area (Å²) in [4.78, 5) is 48.5. The maximum absolute atomic E-state index is 12.6. The van der Waals surface area contributed by atoms with Gasteiger partial charge in [-0.3, -0.25) is 14.2 Å². The van der Waals surface area contributed by atoms with Gasteiger partial charge in [0, 0.05) is 24.1 Å². The first-order valence-electron chi connectivity index (χ1n) is 13.8. The lowest BCUT2D eigenvalue weighted by atomic mass is 9.89. The Bertz CT molecular complexity index is 955. The minimum atomic E-state index is -4.36. The summed E-state index contributed by atoms with van der Waals surface area (Å²) in [6.07, 6.45) is 6.81. The molecule has 0 spiro atoms. The molecule has 1 aliphatic carbocycles. The van der Waals surface area contributed by atoms with Gasteiger partial charge < -0.3 is 38.0 Å². The van der Waals surface area contributed by atoms with Crippen LogP contribution >= 0.6 is 7.82 Å². The van der Waals surface area contributed by atoms with Gasteiger partial charge in [0.25, 0.3) is 7.82 Å². The number of phosphoric acid groups is 1. The topological polar surface area (TPSA) is 150 Å². The van der Waals surface area contributed by atoms with Gasteiger partial charge in [-0.15, -0.1) is 0 Å². The number of rotatable bonds is 21. The van der Waals surface area contributed by atoms with Gasteiger partial charge in [0.1, 0.15) is 13.2 Å². The lowest BCUT2D eigenvalue weighted by molar-refractivity contribution is -0.870. The highest BCUT2D eigenvalue weighted by Crippen LogP contribution is 2.38. The fourth-order valence-corrected chi connectivity index (χ4v) is 4.64. The Morgan fingerprint density at radius 1 is 0.825 bits per heavy atom. The Hall–Kier alpha value is -2.24. The highest BCUT2D eigenvalue weighted by atomic mass is 31.2. The summed E-state index contributed by atoms with van der Waals surface area (Å²) < 4.78 is 37.0. The van der Waals surface area contributed by atoms with Crippen LogP contribution in [0.3, 0.4) is 0 Å². The first-order chi connectivity index (χ1) is 18.8. The molecule has 1 rings (SSSR count). The molecule has 0 aromatic carbocycles. The molecule has 0 saturated carbocycles. The molecule has 0 aliphatic heterocycles. The van der Waals surface area contributed by atoms with E-state index in [2.05, 4.69) is 5.32 Å². The quantitative estimate of drug-likeness (QED) is 0.0912. The van der Waals surface area contributed by atoms with Crippen molar-refractivity contribution in [2.45, 2.75) is 64.7 Å². The minimum Gasteiger partial charge on any atom is -0.756 e. The number of alkyl carbamates (subject to hydrolysis) is 1. The maximum Gasteiger partial charge on any atom is 0.407 e. The fourth-order valence-electron chi connectivity index (χ4n) is 3.91. The van der Waals surface area contributed by atoms with E-state index in [4.69, 9.17) is 23.3 Å². The van der Waals surface area contributed by atoms with E-state index in [1.165, 1.54) is 14.2 Å². The molecule has 1 amide bonds. The average Bonchev–Trinajstić information content (AvgIpc) is 2.87. The number of amides is 1. The van der Waals surface area contributed by atoms with Gasteiger partial charge in [-0.25, -0.2) is 4.79 Å². The number of likely N-dealkylation sites (N-methyl/N-ethyl adjacent to an activating group) is 1. The monoisotopic (exact) mass is 590 g/mol. The molecule has 0 heterocycles. The molecule has 12 nitrogen and oxygen atoms in total. The Morgan fingerprint density at radius 3 is 1.98 bits per heavy atom. The number of methoxy groups -OCH3 is 2. The molecule has 1 atom stereocenters. The molecule has 13 heteroatoms. The Balaban J connectivity index is 2.05. The highest BCUT2D eigenvalue weighted by Gasteiger charge is 2.34. The number of ketones is 2. The van der Waals surface area contributed by atoms with Crippen LogP contribution in [0.4, 0.5) is 4.79 Å². The van der Waals surface area contributed by atoms with Crippen molar-refractivity contribution in [1.82, 2.24) is 5.32 Å². The van der Waals surface area contributed by atoms with Gasteiger partial charge in [0.05, 0.1) is 48.6 Å². The second-order valence-electron chi connectivity index (χ2n) is 10.6. The van der Waals surface area contributed by atoms with Crippen LogP contribution in [-0.2, 0) is 37.4 Å². The summed E-state index contributed by atoms with van der Waals surface area (Å²) in [5, 5.41) is 2.67. The van der Waals surface area contributed by atoms with Crippen molar-refractivity contribution in [2.75, 3.05) is 68.3 Å². The van der Waals surface area contributed by atoms with Crippen molar-refractivity contribution in [3.8, 4) is 0 Å². The van der Waals surface area contributed by atoms with E-state index < -0.39 is 13.9 Å². The zero-order chi connectivity index (χ0) is 30.2. The van der Waals surface area contributed by atoms with E-state index >= 15 is 0 Å². The molecular weight excluding hydrogens is 543 g/mol. The first kappa shape index (κ1) is 35.8. The van der Waals surface area contributed by atoms with Crippen LogP contribution in [0.15, 0.2) is 22.7 Å². The predicted molar refractivity (Wildman–Crippen MR) is 147 cm³/mol. The predicted octanol–water partition coefficient (Wildman–Crippen LogP) is 3.40. The number of phosphoric ester groups is 1. The second kappa shape index (κ2) is 18.2. The van der Waals surface area contributed by atoms with Crippen LogP contribution < -0.4 is 10.2 Å². The second-order valence-corrected chi connectivity index (χ2v) is 12.0. The van der Waals surface area contributed by atoms with E-state index in [-0.39, 0.29) is 49.3 Å². The first-order valence-corrected chi connectivity index (χ1v) is 15.2. The number of carbonyl (C=O) groups excluding carboxylic acids is 3. The third kappa shape index (κ3) is 13.9. The number of quaternary nitrogens is 1. The molecule has 230 valence electrons. The van der Waals surface area contributed by atoms with Crippen LogP contribution in [-0.4, -0.2) is 90.4 Å². The zero-order valence-corrected chi connectivity index (χ0v) is 25.8. The van der Waals surface area contributed by atoms with Crippen molar-refractivity contribution >= 4 is 25.5 Å². The highest BCUT2D eigenvalue weighted by molar-refractivity contribution is 7.45. The normalized spacial score (nSPS) is 15.8. The van der Waals surface area contributed by atoms with Gasteiger partial charge in [0.2, 0.25) is 23.1 Å². The molecule has 0 bridgehead atoms. The minimum absolute atomic E-state index is 0.0255. The number of nitrogens with one attached hydrogen (secondary N) is 1. The summed E-state index contributed by atoms with van der Waals surface area (Å²) in [5.41, 5.74) is 0.921. The molecule has 1 aliphatic rings. The van der Waals surface area contributed by atoms with Crippen molar-refractivity contribution in [1.29, 1.82) is 0 Å². The van der Waals surface area contributed by atoms with Crippen LogP contribution in [0.2, 0.25) is 0 Å². The van der Waals surface area contributed by atoms with E-state index in [1.54, 1.807) is 6.92 Å². The molecule has 40 heavy (non-hydrogen) atoms. The molecule has 0 aromatic heterocycles. The van der Waals surface area contributed by atoms with Crippen molar-refractivity contribution in [3.05, 3.63) is 22.7 Å². The number of hydrogen-bond acceptors (Lipinski definition) is 10. The van der Waals surface area contributed by atoms with Gasteiger partial charge >= 0.3 is 6.09 Å². The van der Waals surface area contributed by atoms with Crippen LogP contribution in [0, 0.1) is 0 Å². The number of carbonyl (C=O) groups is 3. The molecule has 1 unspecified atom stereocenters. The number of Topliss-reactive ketones (excluding diaryl/α,β-unsaturated/α-hetero) is 2. The van der Waals surface area contributed by atoms with Crippen LogP contribution in [0.1, 0.15) is 64.7 Å². The Kier molecular flexibility index (Phi) is 16.3. The average molecular weight is 591 g/mol. The molecule has 0 radical (unpaired) electrons. The standard InChI is InChI=1S/C27H47N2O10P/c1-21-22(24(31)26(36-6)25(35-5)23(21)30)15-12-10-8-7-9-11-13-16-28-27(32)37-18-14-19-38-40(33,34)39-20-17-29(2,3)4/h7-20H2,1-6H3,(H-,28,32,33,34). The van der Waals surface area contributed by atoms with E-state index in [9.17, 15) is 23.8 Å². The van der Waals surface area contributed by atoms with Crippen molar-refractivity contribution < 1.29 is 51.6 Å². The Morgan fingerprint density at radius 2 is 1.38 bits per heavy atom. The maximum atomic E-state index is 12.6. The number of ether oxygens (including phenoxy) is 3. The van der Waals surface area contributed by atoms with E-state index in [0.29, 0.717) is 35.1 Å². The lowest BCUT2D eigenvalue weighted by Gasteiger charge is -2.27. The van der Waals surface area contributed by atoms with Crippen LogP contribution in [0.5, 0.6) is 0 Å². The van der Waals surface area contributed by atoms with Gasteiger partial charge in [-0.2, -0.15) is 0 Å². The third-order valence-corrected chi connectivity index (χ3v) is 7.25. The lowest BCUT2D eigenvalue weighted by Crippen LogP contribution is -2.37. The summed E-state index contributed by atoms with van der Waals surface area (Å²) >= 11 is 0. The van der Waals surface area contributed by atoms with Gasteiger partial charge in [0.15, 0.2) is 0 Å². The smallest absolute Gasteiger partial charge is 0.407 e. The zero-order valence-electron chi connectivity index (χ0n) is 24.9. The fraction of sp³-hybridized carbons (Fsp3) is 0.741. The molecule has 0 saturated heterocycles. The van der Waals surface area contributed by atoms with E-state index in [0.717, 1.165) is 44.9 Å². The van der Waals surface area contributed by atoms with Gasteiger partial charge in [-0.05, 0) is 26.2 Å².